The monoisotopic (exact) mass is 351 g/mol. The van der Waals surface area contributed by atoms with E-state index in [1.54, 1.807) is 11.2 Å². The highest BCUT2D eigenvalue weighted by Gasteiger charge is 2.28. The molecule has 2 aromatic heterocycles. The number of nitrogens with zero attached hydrogens (tertiary/aromatic N) is 5. The van der Waals surface area contributed by atoms with Crippen LogP contribution in [0.2, 0.25) is 0 Å². The van der Waals surface area contributed by atoms with Crippen molar-refractivity contribution in [2.75, 3.05) is 30.8 Å². The number of aryl methyl sites for hydroxylation is 1. The van der Waals surface area contributed by atoms with Crippen LogP contribution in [0.1, 0.15) is 12.5 Å². The van der Waals surface area contributed by atoms with E-state index in [9.17, 15) is 8.42 Å². The Balaban J connectivity index is 1.85. The summed E-state index contributed by atoms with van der Waals surface area (Å²) in [5.41, 5.74) is 7.76. The summed E-state index contributed by atoms with van der Waals surface area (Å²) in [6.45, 7) is 5.90. The Morgan fingerprint density at radius 2 is 2.17 bits per heavy atom. The van der Waals surface area contributed by atoms with Gasteiger partial charge in [0, 0.05) is 31.9 Å². The van der Waals surface area contributed by atoms with Crippen LogP contribution < -0.4 is 10.6 Å². The minimum atomic E-state index is -3.51. The minimum Gasteiger partial charge on any atom is -0.369 e. The average molecular weight is 351 g/mol. The van der Waals surface area contributed by atoms with Crippen LogP contribution in [0, 0.1) is 6.92 Å². The van der Waals surface area contributed by atoms with Gasteiger partial charge in [0.2, 0.25) is 5.96 Å². The second-order valence-corrected chi connectivity index (χ2v) is 7.71. The number of hydrogen-bond donors (Lipinski definition) is 2. The van der Waals surface area contributed by atoms with Crippen LogP contribution in [0.25, 0.3) is 11.0 Å². The molecule has 0 aromatic carbocycles. The molecule has 1 fully saturated rings. The van der Waals surface area contributed by atoms with Gasteiger partial charge in [-0.05, 0) is 19.4 Å². The molecular formula is C14H21N7O2S. The topological polar surface area (TPSA) is 121 Å². The van der Waals surface area contributed by atoms with E-state index in [1.165, 1.54) is 0 Å². The minimum absolute atomic E-state index is 0.00788. The summed E-state index contributed by atoms with van der Waals surface area (Å²) < 4.78 is 26.2. The molecule has 0 bridgehead atoms. The lowest BCUT2D eigenvalue weighted by molar-refractivity contribution is 0.295. The number of aromatic nitrogens is 3. The predicted octanol–water partition coefficient (Wildman–Crippen LogP) is 0.0511. The summed E-state index contributed by atoms with van der Waals surface area (Å²) in [7, 11) is -3.51. The highest BCUT2D eigenvalue weighted by Crippen LogP contribution is 2.27. The van der Waals surface area contributed by atoms with Gasteiger partial charge in [0.15, 0.2) is 0 Å². The number of fused-ring (bicyclic) bond motifs is 1. The van der Waals surface area contributed by atoms with Crippen molar-refractivity contribution in [1.29, 1.82) is 0 Å². The van der Waals surface area contributed by atoms with Crippen LogP contribution in [0.4, 0.5) is 5.82 Å². The number of piperazine rings is 1. The summed E-state index contributed by atoms with van der Waals surface area (Å²) >= 11 is 0. The number of nitrogens with one attached hydrogen (secondary N) is 1. The van der Waals surface area contributed by atoms with E-state index in [2.05, 4.69) is 24.2 Å². The van der Waals surface area contributed by atoms with Crippen LogP contribution in [0.15, 0.2) is 16.9 Å². The first-order valence-corrected chi connectivity index (χ1v) is 9.47. The SMILES string of the molecule is Cc1c[nH]c2ncnc(N3CCN(C(N)=NS(C)(=O)=O)C(C)C3)c12. The Hall–Kier alpha value is -2.36. The molecule has 0 saturated carbocycles. The summed E-state index contributed by atoms with van der Waals surface area (Å²) in [4.78, 5) is 15.8. The first-order chi connectivity index (χ1) is 11.3. The van der Waals surface area contributed by atoms with Gasteiger partial charge >= 0.3 is 0 Å². The van der Waals surface area contributed by atoms with Crippen LogP contribution in [0.3, 0.4) is 0 Å². The molecule has 1 aliphatic heterocycles. The highest BCUT2D eigenvalue weighted by molar-refractivity contribution is 7.89. The zero-order valence-electron chi connectivity index (χ0n) is 13.9. The maximum atomic E-state index is 11.3. The third-order valence-electron chi connectivity index (χ3n) is 4.13. The Kier molecular flexibility index (Phi) is 4.08. The summed E-state index contributed by atoms with van der Waals surface area (Å²) in [6, 6.07) is 0.00788. The number of rotatable bonds is 2. The molecule has 1 saturated heterocycles. The standard InChI is InChI=1S/C14H21N7O2S/c1-9-6-16-12-11(9)13(18-8-17-12)20-4-5-21(10(2)7-20)14(15)19-24(3,22)23/h6,8,10H,4-5,7H2,1-3H3,(H2,15,19)(H,16,17,18). The largest absolute Gasteiger partial charge is 0.369 e. The number of hydrogen-bond acceptors (Lipinski definition) is 5. The van der Waals surface area contributed by atoms with Crippen molar-refractivity contribution in [1.82, 2.24) is 19.9 Å². The second-order valence-electron chi connectivity index (χ2n) is 6.06. The van der Waals surface area contributed by atoms with Crippen molar-refractivity contribution in [3.63, 3.8) is 0 Å². The summed E-state index contributed by atoms with van der Waals surface area (Å²) in [6.07, 6.45) is 4.50. The smallest absolute Gasteiger partial charge is 0.253 e. The van der Waals surface area contributed by atoms with Crippen molar-refractivity contribution < 1.29 is 8.42 Å². The first kappa shape index (κ1) is 16.5. The maximum Gasteiger partial charge on any atom is 0.253 e. The molecule has 9 nitrogen and oxygen atoms in total. The van der Waals surface area contributed by atoms with Gasteiger partial charge in [-0.15, -0.1) is 4.40 Å². The summed E-state index contributed by atoms with van der Waals surface area (Å²) in [5.74, 6) is 0.916. The number of anilines is 1. The van der Waals surface area contributed by atoms with E-state index in [1.807, 2.05) is 20.0 Å². The van der Waals surface area contributed by atoms with Crippen LogP contribution in [-0.4, -0.2) is 66.2 Å². The van der Waals surface area contributed by atoms with E-state index in [4.69, 9.17) is 5.73 Å². The lowest BCUT2D eigenvalue weighted by atomic mass is 10.1. The molecule has 24 heavy (non-hydrogen) atoms. The van der Waals surface area contributed by atoms with Crippen LogP contribution >= 0.6 is 0 Å². The van der Waals surface area contributed by atoms with E-state index >= 15 is 0 Å². The molecule has 3 N–H and O–H groups in total. The number of guanidine groups is 1. The lowest BCUT2D eigenvalue weighted by Crippen LogP contribution is -2.56. The van der Waals surface area contributed by atoms with Crippen LogP contribution in [0.5, 0.6) is 0 Å². The number of aromatic amines is 1. The number of nitrogens with two attached hydrogens (primary N) is 1. The van der Waals surface area contributed by atoms with Gasteiger partial charge in [0.1, 0.15) is 17.8 Å². The fourth-order valence-electron chi connectivity index (χ4n) is 3.05. The molecule has 2 aromatic rings. The summed E-state index contributed by atoms with van der Waals surface area (Å²) in [5, 5.41) is 1.01. The zero-order chi connectivity index (χ0) is 17.5. The molecule has 10 heteroatoms. The lowest BCUT2D eigenvalue weighted by Gasteiger charge is -2.40. The molecule has 0 amide bonds. The van der Waals surface area contributed by atoms with E-state index in [-0.39, 0.29) is 12.0 Å². The van der Waals surface area contributed by atoms with Gasteiger partial charge < -0.3 is 20.5 Å². The number of sulfonamides is 1. The number of H-pyrrole nitrogens is 1. The van der Waals surface area contributed by atoms with Gasteiger partial charge in [-0.2, -0.15) is 0 Å². The van der Waals surface area contributed by atoms with Gasteiger partial charge in [0.05, 0.1) is 11.6 Å². The Morgan fingerprint density at radius 1 is 1.42 bits per heavy atom. The molecule has 1 atom stereocenters. The van der Waals surface area contributed by atoms with E-state index < -0.39 is 10.0 Å². The third kappa shape index (κ3) is 3.14. The van der Waals surface area contributed by atoms with Crippen LogP contribution in [-0.2, 0) is 10.0 Å². The fraction of sp³-hybridized carbons (Fsp3) is 0.500. The van der Waals surface area contributed by atoms with Gasteiger partial charge in [0.25, 0.3) is 10.0 Å². The van der Waals surface area contributed by atoms with Crippen molar-refractivity contribution in [2.45, 2.75) is 19.9 Å². The molecule has 1 unspecified atom stereocenters. The average Bonchev–Trinajstić information content (AvgIpc) is 2.87. The quantitative estimate of drug-likeness (QED) is 0.579. The Bertz CT molecular complexity index is 890. The zero-order valence-corrected chi connectivity index (χ0v) is 14.7. The molecule has 130 valence electrons. The normalized spacial score (nSPS) is 20.0. The molecule has 0 spiro atoms. The van der Waals surface area contributed by atoms with Gasteiger partial charge in [-0.1, -0.05) is 0 Å². The molecule has 1 aliphatic rings. The fourth-order valence-corrected chi connectivity index (χ4v) is 3.49. The highest BCUT2D eigenvalue weighted by atomic mass is 32.2. The second kappa shape index (κ2) is 5.93. The Labute approximate surface area is 140 Å². The maximum absolute atomic E-state index is 11.3. The molecule has 3 heterocycles. The van der Waals surface area contributed by atoms with Crippen molar-refractivity contribution >= 4 is 32.8 Å². The van der Waals surface area contributed by atoms with E-state index in [0.29, 0.717) is 19.6 Å². The molecule has 0 radical (unpaired) electrons. The van der Waals surface area contributed by atoms with Gasteiger partial charge in [-0.3, -0.25) is 0 Å². The third-order valence-corrected chi connectivity index (χ3v) is 4.65. The van der Waals surface area contributed by atoms with Crippen molar-refractivity contribution in [3.05, 3.63) is 18.1 Å². The first-order valence-electron chi connectivity index (χ1n) is 7.62. The molecular weight excluding hydrogens is 330 g/mol. The molecule has 0 aliphatic carbocycles. The molecule has 3 rings (SSSR count). The van der Waals surface area contributed by atoms with Gasteiger partial charge in [-0.25, -0.2) is 18.4 Å². The van der Waals surface area contributed by atoms with Crippen molar-refractivity contribution in [3.8, 4) is 0 Å². The predicted molar refractivity (Wildman–Crippen MR) is 93.5 cm³/mol. The van der Waals surface area contributed by atoms with Crippen molar-refractivity contribution in [2.24, 2.45) is 10.1 Å². The van der Waals surface area contributed by atoms with E-state index in [0.717, 1.165) is 28.7 Å². The Morgan fingerprint density at radius 3 is 2.83 bits per heavy atom.